The van der Waals surface area contributed by atoms with Crippen molar-refractivity contribution in [3.8, 4) is 17.3 Å². The van der Waals surface area contributed by atoms with E-state index in [4.69, 9.17) is 10.2 Å². The molecule has 1 aromatic carbocycles. The van der Waals surface area contributed by atoms with Crippen LogP contribution in [0.25, 0.3) is 16.2 Å². The van der Waals surface area contributed by atoms with Gasteiger partial charge in [-0.1, -0.05) is 12.1 Å². The Labute approximate surface area is 127 Å². The lowest BCUT2D eigenvalue weighted by atomic mass is 9.89. The smallest absolute Gasteiger partial charge is 0.194 e. The van der Waals surface area contributed by atoms with E-state index in [0.29, 0.717) is 6.42 Å². The van der Waals surface area contributed by atoms with E-state index in [-0.39, 0.29) is 0 Å². The highest BCUT2D eigenvalue weighted by Crippen LogP contribution is 2.30. The minimum Gasteiger partial charge on any atom is -0.293 e. The average molecular weight is 293 g/mol. The molecule has 4 rings (SSSR count). The molecular weight excluding hydrogens is 278 g/mol. The quantitative estimate of drug-likeness (QED) is 0.716. The normalized spacial score (nSPS) is 14.0. The topological polar surface area (TPSA) is 41.1 Å². The fourth-order valence-corrected chi connectivity index (χ4v) is 3.92. The molecule has 0 bridgehead atoms. The number of hydrogen-bond donors (Lipinski definition) is 0. The van der Waals surface area contributed by atoms with Crippen molar-refractivity contribution in [3.05, 3.63) is 46.6 Å². The second-order valence-electron chi connectivity index (χ2n) is 5.49. The van der Waals surface area contributed by atoms with Crippen molar-refractivity contribution in [1.82, 2.24) is 9.38 Å². The molecule has 21 heavy (non-hydrogen) atoms. The molecule has 0 amide bonds. The van der Waals surface area contributed by atoms with Crippen LogP contribution in [0.5, 0.6) is 0 Å². The van der Waals surface area contributed by atoms with Gasteiger partial charge in [-0.25, -0.2) is 4.98 Å². The number of hydrogen-bond acceptors (Lipinski definition) is 3. The van der Waals surface area contributed by atoms with Gasteiger partial charge in [0.05, 0.1) is 23.9 Å². The zero-order valence-electron chi connectivity index (χ0n) is 11.7. The Balaban J connectivity index is 1.87. The fraction of sp³-hybridized carbons (Fsp3) is 0.294. The number of thiazole rings is 1. The van der Waals surface area contributed by atoms with E-state index in [0.717, 1.165) is 21.9 Å². The van der Waals surface area contributed by atoms with E-state index in [1.807, 2.05) is 16.0 Å². The van der Waals surface area contributed by atoms with E-state index < -0.39 is 0 Å². The van der Waals surface area contributed by atoms with Crippen molar-refractivity contribution < 1.29 is 0 Å². The average Bonchev–Trinajstić information content (AvgIpc) is 3.10. The third kappa shape index (κ3) is 2.05. The van der Waals surface area contributed by atoms with E-state index in [1.165, 1.54) is 36.8 Å². The number of rotatable bonds is 2. The number of nitrogens with zero attached hydrogens (tertiary/aromatic N) is 3. The number of aryl methyl sites for hydroxylation is 2. The van der Waals surface area contributed by atoms with E-state index in [9.17, 15) is 0 Å². The Morgan fingerprint density at radius 2 is 2.10 bits per heavy atom. The summed E-state index contributed by atoms with van der Waals surface area (Å²) in [6.07, 6.45) is 7.33. The Kier molecular flexibility index (Phi) is 3.01. The van der Waals surface area contributed by atoms with Crippen LogP contribution in [0, 0.1) is 11.3 Å². The van der Waals surface area contributed by atoms with Crippen LogP contribution < -0.4 is 0 Å². The van der Waals surface area contributed by atoms with Crippen molar-refractivity contribution in [2.24, 2.45) is 0 Å². The van der Waals surface area contributed by atoms with Gasteiger partial charge in [0, 0.05) is 17.1 Å². The maximum atomic E-state index is 9.11. The molecule has 3 nitrogen and oxygen atoms in total. The van der Waals surface area contributed by atoms with Gasteiger partial charge in [-0.3, -0.25) is 4.40 Å². The summed E-state index contributed by atoms with van der Waals surface area (Å²) in [5.74, 6) is 0. The van der Waals surface area contributed by atoms with E-state index in [1.54, 1.807) is 11.3 Å². The van der Waals surface area contributed by atoms with Crippen molar-refractivity contribution in [3.63, 3.8) is 0 Å². The molecule has 0 spiro atoms. The van der Waals surface area contributed by atoms with Crippen LogP contribution in [-0.4, -0.2) is 9.38 Å². The molecule has 0 unspecified atom stereocenters. The predicted molar refractivity (Wildman–Crippen MR) is 84.5 cm³/mol. The summed E-state index contributed by atoms with van der Waals surface area (Å²) in [6, 6.07) is 8.96. The molecule has 2 heterocycles. The monoisotopic (exact) mass is 293 g/mol. The summed E-state index contributed by atoms with van der Waals surface area (Å²) in [7, 11) is 0. The van der Waals surface area contributed by atoms with Crippen molar-refractivity contribution >= 4 is 16.3 Å². The first-order chi connectivity index (χ1) is 10.4. The summed E-state index contributed by atoms with van der Waals surface area (Å²) in [6.45, 7) is 0. The zero-order chi connectivity index (χ0) is 14.2. The van der Waals surface area contributed by atoms with Crippen LogP contribution >= 0.6 is 11.3 Å². The molecular formula is C17H15N3S. The summed E-state index contributed by atoms with van der Waals surface area (Å²) >= 11 is 1.61. The van der Waals surface area contributed by atoms with Crippen LogP contribution in [0.4, 0.5) is 0 Å². The lowest BCUT2D eigenvalue weighted by Gasteiger charge is -2.16. The molecule has 0 radical (unpaired) electrons. The van der Waals surface area contributed by atoms with E-state index >= 15 is 0 Å². The summed E-state index contributed by atoms with van der Waals surface area (Å²) in [4.78, 5) is 5.71. The molecule has 0 fully saturated rings. The summed E-state index contributed by atoms with van der Waals surface area (Å²) in [5, 5.41) is 11.1. The number of nitriles is 1. The van der Waals surface area contributed by atoms with Crippen LogP contribution in [0.1, 0.15) is 29.7 Å². The highest BCUT2D eigenvalue weighted by atomic mass is 32.1. The lowest BCUT2D eigenvalue weighted by molar-refractivity contribution is 0.686. The van der Waals surface area contributed by atoms with Gasteiger partial charge in [0.25, 0.3) is 0 Å². The number of fused-ring (bicyclic) bond motifs is 2. The molecule has 1 aliphatic rings. The molecule has 3 aromatic rings. The van der Waals surface area contributed by atoms with Gasteiger partial charge >= 0.3 is 0 Å². The Hall–Kier alpha value is -2.12. The first-order valence-corrected chi connectivity index (χ1v) is 8.18. The fourth-order valence-electron chi connectivity index (χ4n) is 3.19. The number of imidazole rings is 1. The van der Waals surface area contributed by atoms with Gasteiger partial charge in [-0.15, -0.1) is 11.3 Å². The van der Waals surface area contributed by atoms with E-state index in [2.05, 4.69) is 24.3 Å². The standard InChI is InChI=1S/C17H15N3S/c18-8-7-15-16(19-17-20(15)9-10-21-17)14-6-5-12-3-1-2-4-13(12)11-14/h5-6,9-11H,1-4,7H2. The van der Waals surface area contributed by atoms with Gasteiger partial charge in [0.1, 0.15) is 0 Å². The molecule has 1 aliphatic carbocycles. The van der Waals surface area contributed by atoms with Gasteiger partial charge in [0.2, 0.25) is 0 Å². The zero-order valence-corrected chi connectivity index (χ0v) is 12.5. The van der Waals surface area contributed by atoms with Gasteiger partial charge in [-0.05, 0) is 42.9 Å². The first kappa shape index (κ1) is 12.6. The highest BCUT2D eigenvalue weighted by Gasteiger charge is 2.17. The molecule has 0 saturated heterocycles. The van der Waals surface area contributed by atoms with Gasteiger partial charge in [0.15, 0.2) is 4.96 Å². The second kappa shape index (κ2) is 5.01. The molecule has 4 heteroatoms. The summed E-state index contributed by atoms with van der Waals surface area (Å²) in [5.41, 5.74) is 6.06. The number of benzene rings is 1. The van der Waals surface area contributed by atoms with Crippen molar-refractivity contribution in [2.75, 3.05) is 0 Å². The first-order valence-electron chi connectivity index (χ1n) is 7.30. The Bertz CT molecular complexity index is 851. The second-order valence-corrected chi connectivity index (χ2v) is 6.36. The predicted octanol–water partition coefficient (Wildman–Crippen LogP) is 4.01. The summed E-state index contributed by atoms with van der Waals surface area (Å²) < 4.78 is 2.04. The van der Waals surface area contributed by atoms with Crippen LogP contribution in [-0.2, 0) is 19.3 Å². The van der Waals surface area contributed by atoms with Gasteiger partial charge in [-0.2, -0.15) is 5.26 Å². The Morgan fingerprint density at radius 1 is 1.24 bits per heavy atom. The highest BCUT2D eigenvalue weighted by molar-refractivity contribution is 7.15. The molecule has 104 valence electrons. The largest absolute Gasteiger partial charge is 0.293 e. The molecule has 0 N–H and O–H groups in total. The van der Waals surface area contributed by atoms with Crippen LogP contribution in [0.2, 0.25) is 0 Å². The SMILES string of the molecule is N#CCc1c(-c2ccc3c(c2)CCCC3)nc2sccn12. The molecule has 0 aliphatic heterocycles. The maximum absolute atomic E-state index is 9.11. The minimum atomic E-state index is 0.393. The third-order valence-corrected chi connectivity index (χ3v) is 4.99. The molecule has 0 atom stereocenters. The molecule has 0 saturated carbocycles. The Morgan fingerprint density at radius 3 is 2.95 bits per heavy atom. The van der Waals surface area contributed by atoms with Crippen LogP contribution in [0.15, 0.2) is 29.8 Å². The van der Waals surface area contributed by atoms with Crippen LogP contribution in [0.3, 0.4) is 0 Å². The van der Waals surface area contributed by atoms with Crippen molar-refractivity contribution in [2.45, 2.75) is 32.1 Å². The molecule has 2 aromatic heterocycles. The minimum absolute atomic E-state index is 0.393. The van der Waals surface area contributed by atoms with Gasteiger partial charge < -0.3 is 0 Å². The lowest BCUT2D eigenvalue weighted by Crippen LogP contribution is -2.02. The third-order valence-electron chi connectivity index (χ3n) is 4.23. The number of aromatic nitrogens is 2. The maximum Gasteiger partial charge on any atom is 0.194 e. The van der Waals surface area contributed by atoms with Crippen molar-refractivity contribution in [1.29, 1.82) is 5.26 Å².